The number of imide groups is 1. The van der Waals surface area contributed by atoms with E-state index in [0.29, 0.717) is 31.5 Å². The summed E-state index contributed by atoms with van der Waals surface area (Å²) in [7, 11) is 0. The molecule has 1 fully saturated rings. The van der Waals surface area contributed by atoms with Crippen LogP contribution in [0.1, 0.15) is 11.1 Å². The molecule has 1 aliphatic heterocycles. The van der Waals surface area contributed by atoms with Crippen molar-refractivity contribution in [3.8, 4) is 5.75 Å². The third kappa shape index (κ3) is 6.47. The van der Waals surface area contributed by atoms with Crippen LogP contribution in [0.2, 0.25) is 10.0 Å². The zero-order chi connectivity index (χ0) is 25.8. The van der Waals surface area contributed by atoms with Gasteiger partial charge in [-0.2, -0.15) is 0 Å². The summed E-state index contributed by atoms with van der Waals surface area (Å²) in [5.41, 5.74) is 1.78. The van der Waals surface area contributed by atoms with Gasteiger partial charge in [0, 0.05) is 21.3 Å². The minimum absolute atomic E-state index is 0.183. The number of ether oxygens (including phenoxy) is 1. The van der Waals surface area contributed by atoms with Gasteiger partial charge in [-0.05, 0) is 87.9 Å². The number of thioether (sulfide) groups is 1. The lowest BCUT2D eigenvalue weighted by molar-refractivity contribution is -0.127. The first-order chi connectivity index (χ1) is 17.2. The molecule has 6 nitrogen and oxygen atoms in total. The quantitative estimate of drug-likeness (QED) is 0.288. The minimum atomic E-state index is -0.576. The fourth-order valence-corrected chi connectivity index (χ4v) is 5.00. The Balaban J connectivity index is 1.40. The van der Waals surface area contributed by atoms with E-state index in [9.17, 15) is 18.8 Å². The Morgan fingerprint density at radius 2 is 1.83 bits per heavy atom. The van der Waals surface area contributed by atoms with E-state index in [2.05, 4.69) is 21.2 Å². The van der Waals surface area contributed by atoms with Crippen LogP contribution in [0.15, 0.2) is 70.0 Å². The van der Waals surface area contributed by atoms with Gasteiger partial charge in [-0.3, -0.25) is 19.3 Å². The number of anilines is 1. The molecule has 184 valence electrons. The number of benzene rings is 3. The van der Waals surface area contributed by atoms with Crippen LogP contribution >= 0.6 is 50.9 Å². The first-order valence-electron chi connectivity index (χ1n) is 10.4. The number of halogens is 4. The van der Waals surface area contributed by atoms with E-state index in [1.165, 1.54) is 24.3 Å². The Morgan fingerprint density at radius 1 is 1.08 bits per heavy atom. The summed E-state index contributed by atoms with van der Waals surface area (Å²) in [6, 6.07) is 15.5. The molecule has 1 aliphatic rings. The van der Waals surface area contributed by atoms with E-state index < -0.39 is 29.4 Å². The summed E-state index contributed by atoms with van der Waals surface area (Å²) in [5, 5.41) is 3.01. The summed E-state index contributed by atoms with van der Waals surface area (Å²) in [4.78, 5) is 38.4. The number of nitrogens with zero attached hydrogens (tertiary/aromatic N) is 1. The molecule has 0 aromatic heterocycles. The monoisotopic (exact) mass is 608 g/mol. The minimum Gasteiger partial charge on any atom is -0.488 e. The standard InChI is InChI=1S/C25H16BrCl2FN2O4S/c26-19-9-14(1-8-21(19)35-13-15-2-3-16(27)11-20(15)28)10-22-24(33)31(25(34)36-22)12-23(32)30-18-6-4-17(29)5-7-18/h1-11H,12-13H2,(H,30,32)/b22-10-. The highest BCUT2D eigenvalue weighted by molar-refractivity contribution is 9.10. The highest BCUT2D eigenvalue weighted by atomic mass is 79.9. The second-order valence-electron chi connectivity index (χ2n) is 7.54. The predicted octanol–water partition coefficient (Wildman–Crippen LogP) is 7.15. The largest absolute Gasteiger partial charge is 0.488 e. The van der Waals surface area contributed by atoms with Gasteiger partial charge in [0.05, 0.1) is 9.38 Å². The van der Waals surface area contributed by atoms with Gasteiger partial charge in [0.25, 0.3) is 11.1 Å². The van der Waals surface area contributed by atoms with E-state index >= 15 is 0 Å². The van der Waals surface area contributed by atoms with Crippen LogP contribution in [-0.2, 0) is 16.2 Å². The van der Waals surface area contributed by atoms with Gasteiger partial charge >= 0.3 is 0 Å². The van der Waals surface area contributed by atoms with E-state index in [1.807, 2.05) is 0 Å². The Hall–Kier alpha value is -2.85. The van der Waals surface area contributed by atoms with E-state index in [-0.39, 0.29) is 11.5 Å². The van der Waals surface area contributed by atoms with Gasteiger partial charge in [-0.15, -0.1) is 0 Å². The molecule has 1 N–H and O–H groups in total. The number of nitrogens with one attached hydrogen (secondary N) is 1. The summed E-state index contributed by atoms with van der Waals surface area (Å²) < 4.78 is 19.5. The summed E-state index contributed by atoms with van der Waals surface area (Å²) >= 11 is 16.3. The molecule has 1 saturated heterocycles. The Labute approximate surface area is 228 Å². The molecule has 0 bridgehead atoms. The summed E-state index contributed by atoms with van der Waals surface area (Å²) in [5.74, 6) is -1.03. The molecule has 0 atom stereocenters. The fourth-order valence-electron chi connectivity index (χ4n) is 3.18. The number of rotatable bonds is 7. The zero-order valence-corrected chi connectivity index (χ0v) is 22.2. The Bertz CT molecular complexity index is 1380. The van der Waals surface area contributed by atoms with Crippen molar-refractivity contribution in [2.45, 2.75) is 6.61 Å². The van der Waals surface area contributed by atoms with E-state index in [4.69, 9.17) is 27.9 Å². The highest BCUT2D eigenvalue weighted by Gasteiger charge is 2.36. The Kier molecular flexibility index (Phi) is 8.35. The normalized spacial score (nSPS) is 14.4. The van der Waals surface area contributed by atoms with Crippen molar-refractivity contribution in [3.63, 3.8) is 0 Å². The molecule has 3 aromatic rings. The molecule has 0 spiro atoms. The second-order valence-corrected chi connectivity index (χ2v) is 10.2. The van der Waals surface area contributed by atoms with Crippen molar-refractivity contribution in [2.24, 2.45) is 0 Å². The maximum Gasteiger partial charge on any atom is 0.294 e. The van der Waals surface area contributed by atoms with Crippen LogP contribution in [0.4, 0.5) is 14.9 Å². The number of hydrogen-bond donors (Lipinski definition) is 1. The van der Waals surface area contributed by atoms with Gasteiger partial charge < -0.3 is 10.1 Å². The number of amides is 3. The van der Waals surface area contributed by atoms with Crippen LogP contribution in [0, 0.1) is 5.82 Å². The molecule has 1 heterocycles. The van der Waals surface area contributed by atoms with Crippen molar-refractivity contribution in [2.75, 3.05) is 11.9 Å². The van der Waals surface area contributed by atoms with Crippen LogP contribution in [0.25, 0.3) is 6.08 Å². The topological polar surface area (TPSA) is 75.7 Å². The van der Waals surface area contributed by atoms with Crippen LogP contribution in [0.5, 0.6) is 5.75 Å². The molecule has 3 aromatic carbocycles. The molecule has 0 radical (unpaired) electrons. The average molecular weight is 610 g/mol. The zero-order valence-electron chi connectivity index (χ0n) is 18.3. The predicted molar refractivity (Wildman–Crippen MR) is 143 cm³/mol. The van der Waals surface area contributed by atoms with Crippen LogP contribution < -0.4 is 10.1 Å². The van der Waals surface area contributed by atoms with E-state index in [0.717, 1.165) is 22.2 Å². The van der Waals surface area contributed by atoms with Crippen LogP contribution in [-0.4, -0.2) is 28.5 Å². The third-order valence-corrected chi connectivity index (χ3v) is 7.07. The van der Waals surface area contributed by atoms with Gasteiger partial charge in [0.1, 0.15) is 24.7 Å². The van der Waals surface area contributed by atoms with Gasteiger partial charge in [0.2, 0.25) is 5.91 Å². The average Bonchev–Trinajstić information content (AvgIpc) is 3.08. The smallest absolute Gasteiger partial charge is 0.294 e. The maximum absolute atomic E-state index is 13.0. The molecule has 4 rings (SSSR count). The lowest BCUT2D eigenvalue weighted by Crippen LogP contribution is -2.36. The van der Waals surface area contributed by atoms with Gasteiger partial charge in [0.15, 0.2) is 0 Å². The second kappa shape index (κ2) is 11.5. The fraction of sp³-hybridized carbons (Fsp3) is 0.0800. The van der Waals surface area contributed by atoms with Crippen molar-refractivity contribution < 1.29 is 23.5 Å². The first kappa shape index (κ1) is 26.2. The molecule has 3 amide bonds. The molecule has 11 heteroatoms. The van der Waals surface area contributed by atoms with Crippen molar-refractivity contribution >= 4 is 79.7 Å². The van der Waals surface area contributed by atoms with Crippen molar-refractivity contribution in [1.82, 2.24) is 4.90 Å². The third-order valence-electron chi connectivity index (χ3n) is 4.96. The van der Waals surface area contributed by atoms with Gasteiger partial charge in [-0.25, -0.2) is 4.39 Å². The molecule has 0 saturated carbocycles. The lowest BCUT2D eigenvalue weighted by atomic mass is 10.2. The molecule has 0 aliphatic carbocycles. The molecular weight excluding hydrogens is 594 g/mol. The molecule has 36 heavy (non-hydrogen) atoms. The van der Waals surface area contributed by atoms with Crippen LogP contribution in [0.3, 0.4) is 0 Å². The number of carbonyl (C=O) groups is 3. The molecular formula is C25H16BrCl2FN2O4S. The summed E-state index contributed by atoms with van der Waals surface area (Å²) in [6.45, 7) is -0.226. The summed E-state index contributed by atoms with van der Waals surface area (Å²) in [6.07, 6.45) is 1.56. The molecule has 0 unspecified atom stereocenters. The highest BCUT2D eigenvalue weighted by Crippen LogP contribution is 2.34. The number of carbonyl (C=O) groups excluding carboxylic acids is 3. The van der Waals surface area contributed by atoms with Crippen molar-refractivity contribution in [3.05, 3.63) is 97.0 Å². The SMILES string of the molecule is O=C(CN1C(=O)S/C(=C\c2ccc(OCc3ccc(Cl)cc3Cl)c(Br)c2)C1=O)Nc1ccc(F)cc1. The Morgan fingerprint density at radius 3 is 2.53 bits per heavy atom. The lowest BCUT2D eigenvalue weighted by Gasteiger charge is -2.12. The van der Waals surface area contributed by atoms with Gasteiger partial charge in [-0.1, -0.05) is 35.3 Å². The first-order valence-corrected chi connectivity index (χ1v) is 12.7. The van der Waals surface area contributed by atoms with Crippen molar-refractivity contribution in [1.29, 1.82) is 0 Å². The van der Waals surface area contributed by atoms with E-state index in [1.54, 1.807) is 42.5 Å². The maximum atomic E-state index is 13.0. The number of hydrogen-bond acceptors (Lipinski definition) is 5.